The largest absolute Gasteiger partial charge is 0.362 e. The van der Waals surface area contributed by atoms with Crippen molar-refractivity contribution in [3.8, 4) is 0 Å². The van der Waals surface area contributed by atoms with Crippen LogP contribution in [0.3, 0.4) is 0 Å². The summed E-state index contributed by atoms with van der Waals surface area (Å²) in [6.45, 7) is 1.99. The molecule has 3 rings (SSSR count). The number of non-ortho nitro benzene ring substituents is 1. The minimum Gasteiger partial charge on any atom is -0.362 e. The Morgan fingerprint density at radius 1 is 1.38 bits per heavy atom. The zero-order valence-corrected chi connectivity index (χ0v) is 11.0. The van der Waals surface area contributed by atoms with E-state index in [2.05, 4.69) is 25.4 Å². The molecule has 0 saturated carbocycles. The zero-order chi connectivity index (χ0) is 14.8. The fourth-order valence-corrected chi connectivity index (χ4v) is 1.87. The van der Waals surface area contributed by atoms with Crippen LogP contribution in [0.4, 0.5) is 11.5 Å². The highest BCUT2D eigenvalue weighted by Gasteiger charge is 2.11. The third-order valence-electron chi connectivity index (χ3n) is 2.81. The number of fused-ring (bicyclic) bond motifs is 1. The Balaban J connectivity index is 1.93. The van der Waals surface area contributed by atoms with Crippen molar-refractivity contribution in [2.24, 2.45) is 0 Å². The minimum absolute atomic E-state index is 0.0178. The normalized spacial score (nSPS) is 10.7. The fraction of sp³-hybridized carbons (Fsp3) is 0.167. The molecule has 1 aromatic carbocycles. The molecular formula is C12H10N6O3. The van der Waals surface area contributed by atoms with E-state index in [9.17, 15) is 10.1 Å². The molecule has 1 N–H and O–H groups in total. The number of aryl methyl sites for hydroxylation is 1. The van der Waals surface area contributed by atoms with Gasteiger partial charge in [0.05, 0.1) is 17.0 Å². The van der Waals surface area contributed by atoms with Crippen molar-refractivity contribution in [3.63, 3.8) is 0 Å². The Hall–Kier alpha value is -3.10. The Morgan fingerprint density at radius 2 is 2.24 bits per heavy atom. The summed E-state index contributed by atoms with van der Waals surface area (Å²) in [6.07, 6.45) is 1.39. The molecule has 0 aliphatic heterocycles. The van der Waals surface area contributed by atoms with Crippen molar-refractivity contribution >= 4 is 22.4 Å². The van der Waals surface area contributed by atoms with Crippen molar-refractivity contribution in [2.45, 2.75) is 13.5 Å². The molecule has 0 atom stereocenters. The number of anilines is 1. The van der Waals surface area contributed by atoms with Gasteiger partial charge in [-0.15, -0.1) is 0 Å². The van der Waals surface area contributed by atoms with Crippen LogP contribution in [0.25, 0.3) is 10.9 Å². The average Bonchev–Trinajstić information content (AvgIpc) is 2.90. The molecule has 0 fully saturated rings. The number of rotatable bonds is 4. The van der Waals surface area contributed by atoms with Crippen LogP contribution in [0.5, 0.6) is 0 Å². The van der Waals surface area contributed by atoms with Gasteiger partial charge in [-0.3, -0.25) is 10.1 Å². The Kier molecular flexibility index (Phi) is 3.14. The molecule has 0 amide bonds. The molecule has 3 aromatic rings. The quantitative estimate of drug-likeness (QED) is 0.569. The van der Waals surface area contributed by atoms with Crippen LogP contribution in [0.15, 0.2) is 29.0 Å². The molecule has 2 aromatic heterocycles. The SMILES string of the molecule is Cc1nc(CNc2ncnc3ccc([N+](=O)[O-])cc23)no1. The van der Waals surface area contributed by atoms with Crippen molar-refractivity contribution in [1.82, 2.24) is 20.1 Å². The van der Waals surface area contributed by atoms with E-state index in [4.69, 9.17) is 4.52 Å². The minimum atomic E-state index is -0.460. The third kappa shape index (κ3) is 2.61. The van der Waals surface area contributed by atoms with Crippen LogP contribution in [-0.4, -0.2) is 25.0 Å². The lowest BCUT2D eigenvalue weighted by atomic mass is 10.2. The van der Waals surface area contributed by atoms with E-state index >= 15 is 0 Å². The lowest BCUT2D eigenvalue weighted by Crippen LogP contribution is -2.04. The van der Waals surface area contributed by atoms with Crippen molar-refractivity contribution in [2.75, 3.05) is 5.32 Å². The maximum atomic E-state index is 10.8. The number of nitrogens with one attached hydrogen (secondary N) is 1. The molecule has 21 heavy (non-hydrogen) atoms. The molecule has 0 bridgehead atoms. The van der Waals surface area contributed by atoms with Gasteiger partial charge >= 0.3 is 0 Å². The highest BCUT2D eigenvalue weighted by Crippen LogP contribution is 2.24. The number of benzene rings is 1. The summed E-state index contributed by atoms with van der Waals surface area (Å²) in [6, 6.07) is 4.42. The standard InChI is InChI=1S/C12H10N6O3/c1-7-16-11(17-21-7)5-13-12-9-4-8(18(19)20)2-3-10(9)14-6-15-12/h2-4,6H,5H2,1H3,(H,13,14,15). The molecule has 0 radical (unpaired) electrons. The van der Waals surface area contributed by atoms with Crippen LogP contribution in [0.2, 0.25) is 0 Å². The van der Waals surface area contributed by atoms with E-state index in [1.54, 1.807) is 13.0 Å². The van der Waals surface area contributed by atoms with Crippen LogP contribution < -0.4 is 5.32 Å². The van der Waals surface area contributed by atoms with Crippen molar-refractivity contribution < 1.29 is 9.45 Å². The Labute approximate surface area is 118 Å². The van der Waals surface area contributed by atoms with Gasteiger partial charge in [-0.05, 0) is 6.07 Å². The molecule has 9 heteroatoms. The summed E-state index contributed by atoms with van der Waals surface area (Å²) in [7, 11) is 0. The average molecular weight is 286 g/mol. The first kappa shape index (κ1) is 12.9. The molecule has 106 valence electrons. The van der Waals surface area contributed by atoms with Gasteiger partial charge in [-0.25, -0.2) is 9.97 Å². The van der Waals surface area contributed by atoms with E-state index in [0.29, 0.717) is 35.0 Å². The van der Waals surface area contributed by atoms with E-state index in [1.165, 1.54) is 18.5 Å². The lowest BCUT2D eigenvalue weighted by molar-refractivity contribution is -0.384. The number of aromatic nitrogens is 4. The maximum absolute atomic E-state index is 10.8. The molecular weight excluding hydrogens is 276 g/mol. The number of hydrogen-bond donors (Lipinski definition) is 1. The molecule has 0 unspecified atom stereocenters. The van der Waals surface area contributed by atoms with E-state index < -0.39 is 4.92 Å². The topological polar surface area (TPSA) is 120 Å². The van der Waals surface area contributed by atoms with Gasteiger partial charge in [-0.1, -0.05) is 5.16 Å². The van der Waals surface area contributed by atoms with Gasteiger partial charge in [0.25, 0.3) is 5.69 Å². The maximum Gasteiger partial charge on any atom is 0.270 e. The summed E-state index contributed by atoms with van der Waals surface area (Å²) in [4.78, 5) is 22.6. The Morgan fingerprint density at radius 3 is 2.95 bits per heavy atom. The fourth-order valence-electron chi connectivity index (χ4n) is 1.87. The van der Waals surface area contributed by atoms with Gasteiger partial charge in [0.2, 0.25) is 5.89 Å². The highest BCUT2D eigenvalue weighted by atomic mass is 16.6. The number of nitrogens with zero attached hydrogens (tertiary/aromatic N) is 5. The molecule has 0 aliphatic carbocycles. The lowest BCUT2D eigenvalue weighted by Gasteiger charge is -2.05. The molecule has 0 saturated heterocycles. The second-order valence-corrected chi connectivity index (χ2v) is 4.26. The van der Waals surface area contributed by atoms with Gasteiger partial charge in [-0.2, -0.15) is 4.98 Å². The predicted octanol–water partition coefficient (Wildman–Crippen LogP) is 1.84. The van der Waals surface area contributed by atoms with Crippen molar-refractivity contribution in [3.05, 3.63) is 46.4 Å². The van der Waals surface area contributed by atoms with Gasteiger partial charge in [0, 0.05) is 24.4 Å². The summed E-state index contributed by atoms with van der Waals surface area (Å²) < 4.78 is 4.87. The molecule has 0 aliphatic rings. The first-order valence-electron chi connectivity index (χ1n) is 6.06. The second-order valence-electron chi connectivity index (χ2n) is 4.26. The van der Waals surface area contributed by atoms with Crippen LogP contribution >= 0.6 is 0 Å². The highest BCUT2D eigenvalue weighted by molar-refractivity contribution is 5.90. The van der Waals surface area contributed by atoms with E-state index in [1.807, 2.05) is 0 Å². The Bertz CT molecular complexity index is 816. The van der Waals surface area contributed by atoms with Crippen LogP contribution in [0, 0.1) is 17.0 Å². The van der Waals surface area contributed by atoms with Gasteiger partial charge in [0.1, 0.15) is 12.1 Å². The number of nitro groups is 1. The smallest absolute Gasteiger partial charge is 0.270 e. The van der Waals surface area contributed by atoms with Gasteiger partial charge in [0.15, 0.2) is 5.82 Å². The second kappa shape index (κ2) is 5.12. The molecule has 0 spiro atoms. The summed E-state index contributed by atoms with van der Waals surface area (Å²) in [5.74, 6) is 1.42. The summed E-state index contributed by atoms with van der Waals surface area (Å²) in [5.41, 5.74) is 0.596. The zero-order valence-electron chi connectivity index (χ0n) is 11.0. The van der Waals surface area contributed by atoms with Crippen molar-refractivity contribution in [1.29, 1.82) is 0 Å². The molecule has 9 nitrogen and oxygen atoms in total. The summed E-state index contributed by atoms with van der Waals surface area (Å²) >= 11 is 0. The van der Waals surface area contributed by atoms with E-state index in [0.717, 1.165) is 0 Å². The number of hydrogen-bond acceptors (Lipinski definition) is 8. The monoisotopic (exact) mass is 286 g/mol. The number of nitro benzene ring substituents is 1. The molecule has 2 heterocycles. The first-order chi connectivity index (χ1) is 10.1. The predicted molar refractivity (Wildman–Crippen MR) is 72.6 cm³/mol. The van der Waals surface area contributed by atoms with Gasteiger partial charge < -0.3 is 9.84 Å². The van der Waals surface area contributed by atoms with E-state index in [-0.39, 0.29) is 5.69 Å². The summed E-state index contributed by atoms with van der Waals surface area (Å²) in [5, 5.41) is 18.2. The van der Waals surface area contributed by atoms with Crippen LogP contribution in [0.1, 0.15) is 11.7 Å². The third-order valence-corrected chi connectivity index (χ3v) is 2.81. The van der Waals surface area contributed by atoms with Crippen LogP contribution in [-0.2, 0) is 6.54 Å². The first-order valence-corrected chi connectivity index (χ1v) is 6.06.